The molecule has 1 aliphatic carbocycles. The van der Waals surface area contributed by atoms with Crippen LogP contribution in [0.2, 0.25) is 0 Å². The van der Waals surface area contributed by atoms with Gasteiger partial charge in [0.05, 0.1) is 11.0 Å². The summed E-state index contributed by atoms with van der Waals surface area (Å²) in [4.78, 5) is 35.0. The summed E-state index contributed by atoms with van der Waals surface area (Å²) in [6.45, 7) is 1.98. The molecule has 0 spiro atoms. The maximum absolute atomic E-state index is 12.3. The normalized spacial score (nSPS) is 25.3. The van der Waals surface area contributed by atoms with Gasteiger partial charge in [-0.3, -0.25) is 19.7 Å². The van der Waals surface area contributed by atoms with E-state index in [0.717, 1.165) is 12.8 Å². The molecule has 0 radical (unpaired) electrons. The first-order valence-corrected chi connectivity index (χ1v) is 11.5. The van der Waals surface area contributed by atoms with Gasteiger partial charge in [-0.2, -0.15) is 0 Å². The van der Waals surface area contributed by atoms with E-state index < -0.39 is 5.25 Å². The molecular formula is C20H35N3O3S. The fraction of sp³-hybridized carbons (Fsp3) is 0.850. The molecule has 0 aromatic carbocycles. The van der Waals surface area contributed by atoms with E-state index in [-0.39, 0.29) is 42.0 Å². The molecule has 4 N–H and O–H groups in total. The number of hydrogen-bond acceptors (Lipinski definition) is 5. The Morgan fingerprint density at radius 1 is 1.11 bits per heavy atom. The predicted octanol–water partition coefficient (Wildman–Crippen LogP) is 2.50. The van der Waals surface area contributed by atoms with Gasteiger partial charge < -0.3 is 11.1 Å². The lowest BCUT2D eigenvalue weighted by molar-refractivity contribution is -0.124. The Bertz CT molecular complexity index is 503. The van der Waals surface area contributed by atoms with Gasteiger partial charge in [0.2, 0.25) is 17.7 Å². The van der Waals surface area contributed by atoms with Crippen molar-refractivity contribution in [3.8, 4) is 0 Å². The molecule has 0 bridgehead atoms. The van der Waals surface area contributed by atoms with Crippen molar-refractivity contribution < 1.29 is 14.4 Å². The molecule has 2 aliphatic rings. The highest BCUT2D eigenvalue weighted by Gasteiger charge is 2.31. The molecule has 3 unspecified atom stereocenters. The fourth-order valence-electron chi connectivity index (χ4n) is 4.04. The van der Waals surface area contributed by atoms with Crippen LogP contribution in [0.25, 0.3) is 0 Å². The Labute approximate surface area is 167 Å². The van der Waals surface area contributed by atoms with Crippen LogP contribution in [0.3, 0.4) is 0 Å². The fourth-order valence-corrected chi connectivity index (χ4v) is 4.96. The first-order chi connectivity index (χ1) is 13.0. The molecule has 0 aromatic heterocycles. The number of hydrogen-bond donors (Lipinski definition) is 3. The van der Waals surface area contributed by atoms with Crippen LogP contribution in [-0.2, 0) is 14.4 Å². The minimum absolute atomic E-state index is 0.0453. The van der Waals surface area contributed by atoms with E-state index in [0.29, 0.717) is 5.92 Å². The van der Waals surface area contributed by atoms with Crippen LogP contribution in [0.4, 0.5) is 0 Å². The van der Waals surface area contributed by atoms with Crippen LogP contribution in [0.5, 0.6) is 0 Å². The molecule has 1 saturated carbocycles. The van der Waals surface area contributed by atoms with Crippen molar-refractivity contribution in [2.75, 3.05) is 5.75 Å². The Morgan fingerprint density at radius 2 is 1.67 bits per heavy atom. The van der Waals surface area contributed by atoms with E-state index in [9.17, 15) is 14.4 Å². The summed E-state index contributed by atoms with van der Waals surface area (Å²) < 4.78 is 0. The molecule has 154 valence electrons. The topological polar surface area (TPSA) is 101 Å². The highest BCUT2D eigenvalue weighted by atomic mass is 32.2. The summed E-state index contributed by atoms with van der Waals surface area (Å²) in [5.41, 5.74) is 6.52. The number of nitrogens with one attached hydrogen (secondary N) is 2. The lowest BCUT2D eigenvalue weighted by atomic mass is 9.86. The third-order valence-electron chi connectivity index (χ3n) is 5.75. The largest absolute Gasteiger partial charge is 0.351 e. The number of amides is 3. The van der Waals surface area contributed by atoms with Gasteiger partial charge in [0.1, 0.15) is 0 Å². The molecule has 2 rings (SSSR count). The van der Waals surface area contributed by atoms with E-state index in [1.54, 1.807) is 0 Å². The summed E-state index contributed by atoms with van der Waals surface area (Å²) >= 11 is 1.22. The van der Waals surface area contributed by atoms with Gasteiger partial charge in [-0.1, -0.05) is 51.4 Å². The molecule has 7 heteroatoms. The lowest BCUT2D eigenvalue weighted by Gasteiger charge is -2.29. The third kappa shape index (κ3) is 7.82. The van der Waals surface area contributed by atoms with Gasteiger partial charge in [-0.05, 0) is 25.7 Å². The maximum Gasteiger partial charge on any atom is 0.240 e. The van der Waals surface area contributed by atoms with Crippen molar-refractivity contribution in [3.05, 3.63) is 0 Å². The third-order valence-corrected chi connectivity index (χ3v) is 6.96. The van der Waals surface area contributed by atoms with Gasteiger partial charge >= 0.3 is 0 Å². The average molecular weight is 398 g/mol. The number of imide groups is 1. The van der Waals surface area contributed by atoms with Crippen LogP contribution in [-0.4, -0.2) is 40.8 Å². The molecule has 1 saturated heterocycles. The standard InChI is InChI=1S/C20H35N3O3S/c1-14(22-18(25)13-27-16-12-17(24)23-20(16)26)19(21)15-10-8-6-4-2-3-5-7-9-11-15/h14-16,19H,2-13,21H2,1H3,(H,22,25)(H,23,24,26). The number of nitrogens with two attached hydrogens (primary N) is 1. The van der Waals surface area contributed by atoms with Gasteiger partial charge in [0.25, 0.3) is 0 Å². The highest BCUT2D eigenvalue weighted by molar-refractivity contribution is 8.01. The quantitative estimate of drug-likeness (QED) is 0.598. The molecular weight excluding hydrogens is 362 g/mol. The first-order valence-electron chi connectivity index (χ1n) is 10.5. The first kappa shape index (κ1) is 22.2. The minimum atomic E-state index is -0.450. The van der Waals surface area contributed by atoms with E-state index in [1.165, 1.54) is 63.1 Å². The zero-order valence-electron chi connectivity index (χ0n) is 16.5. The summed E-state index contributed by atoms with van der Waals surface area (Å²) in [5, 5.41) is 4.82. The van der Waals surface area contributed by atoms with Crippen LogP contribution >= 0.6 is 11.8 Å². The van der Waals surface area contributed by atoms with Crippen molar-refractivity contribution in [1.29, 1.82) is 0 Å². The number of rotatable bonds is 6. The predicted molar refractivity (Wildman–Crippen MR) is 109 cm³/mol. The molecule has 3 atom stereocenters. The molecule has 27 heavy (non-hydrogen) atoms. The van der Waals surface area contributed by atoms with Gasteiger partial charge in [-0.25, -0.2) is 0 Å². The van der Waals surface area contributed by atoms with Crippen LogP contribution < -0.4 is 16.4 Å². The average Bonchev–Trinajstić information content (AvgIpc) is 2.92. The molecule has 6 nitrogen and oxygen atoms in total. The van der Waals surface area contributed by atoms with Gasteiger partial charge in [-0.15, -0.1) is 11.8 Å². The highest BCUT2D eigenvalue weighted by Crippen LogP contribution is 2.24. The van der Waals surface area contributed by atoms with E-state index in [1.807, 2.05) is 6.92 Å². The van der Waals surface area contributed by atoms with Crippen LogP contribution in [0, 0.1) is 5.92 Å². The van der Waals surface area contributed by atoms with E-state index in [2.05, 4.69) is 10.6 Å². The Morgan fingerprint density at radius 3 is 2.19 bits per heavy atom. The van der Waals surface area contributed by atoms with Crippen LogP contribution in [0.1, 0.15) is 77.6 Å². The second-order valence-corrected chi connectivity index (χ2v) is 9.21. The molecule has 1 heterocycles. The van der Waals surface area contributed by atoms with Crippen molar-refractivity contribution >= 4 is 29.5 Å². The van der Waals surface area contributed by atoms with Crippen molar-refractivity contribution in [1.82, 2.24) is 10.6 Å². The molecule has 1 aliphatic heterocycles. The van der Waals surface area contributed by atoms with Crippen LogP contribution in [0.15, 0.2) is 0 Å². The summed E-state index contributed by atoms with van der Waals surface area (Å²) in [5.74, 6) is -0.0521. The number of carbonyl (C=O) groups excluding carboxylic acids is 3. The Kier molecular flexibility index (Phi) is 9.62. The van der Waals surface area contributed by atoms with E-state index in [4.69, 9.17) is 5.73 Å². The lowest BCUT2D eigenvalue weighted by Crippen LogP contribution is -2.50. The zero-order valence-corrected chi connectivity index (χ0v) is 17.3. The van der Waals surface area contributed by atoms with Gasteiger partial charge in [0, 0.05) is 18.5 Å². The maximum atomic E-state index is 12.3. The second kappa shape index (κ2) is 11.7. The zero-order chi connectivity index (χ0) is 19.6. The van der Waals surface area contributed by atoms with Crippen molar-refractivity contribution in [3.63, 3.8) is 0 Å². The van der Waals surface area contributed by atoms with E-state index >= 15 is 0 Å². The summed E-state index contributed by atoms with van der Waals surface area (Å²) in [6.07, 6.45) is 12.8. The van der Waals surface area contributed by atoms with Crippen molar-refractivity contribution in [2.24, 2.45) is 11.7 Å². The second-order valence-electron chi connectivity index (χ2n) is 8.02. The Hall–Kier alpha value is -1.08. The molecule has 2 fully saturated rings. The smallest absolute Gasteiger partial charge is 0.240 e. The number of carbonyl (C=O) groups is 3. The summed E-state index contributed by atoms with van der Waals surface area (Å²) in [7, 11) is 0. The molecule has 3 amide bonds. The SMILES string of the molecule is CC(NC(=O)CSC1CC(=O)NC1=O)C(N)C1CCCCCCCCCC1. The molecule has 0 aromatic rings. The Balaban J connectivity index is 1.76. The summed E-state index contributed by atoms with van der Waals surface area (Å²) in [6, 6.07) is -0.136. The van der Waals surface area contributed by atoms with Crippen molar-refractivity contribution in [2.45, 2.75) is 94.9 Å². The monoisotopic (exact) mass is 397 g/mol. The number of thioether (sulfide) groups is 1. The van der Waals surface area contributed by atoms with Gasteiger partial charge in [0.15, 0.2) is 0 Å². The minimum Gasteiger partial charge on any atom is -0.351 e.